The highest BCUT2D eigenvalue weighted by Crippen LogP contribution is 2.36. The molecule has 0 saturated carbocycles. The van der Waals surface area contributed by atoms with Crippen LogP contribution in [0.2, 0.25) is 0 Å². The molecule has 0 spiro atoms. The van der Waals surface area contributed by atoms with E-state index in [1.807, 2.05) is 61.5 Å². The SMILES string of the molecule is CCC(SC1=Nc2ccccc2C2=NC(=O)C(CC(=O)NCc3ccccc3)N12)C(=O)NCCCOC. The Bertz CT molecular complexity index is 1200. The van der Waals surface area contributed by atoms with Crippen LogP contribution in [0.5, 0.6) is 0 Å². The third-order valence-electron chi connectivity index (χ3n) is 6.05. The van der Waals surface area contributed by atoms with Crippen LogP contribution >= 0.6 is 11.8 Å². The van der Waals surface area contributed by atoms with E-state index >= 15 is 0 Å². The number of methoxy groups -OCH3 is 1. The highest BCUT2D eigenvalue weighted by atomic mass is 32.2. The summed E-state index contributed by atoms with van der Waals surface area (Å²) in [6.45, 7) is 3.38. The van der Waals surface area contributed by atoms with Gasteiger partial charge in [-0.25, -0.2) is 4.99 Å². The predicted octanol–water partition coefficient (Wildman–Crippen LogP) is 3.02. The molecule has 3 amide bonds. The highest BCUT2D eigenvalue weighted by Gasteiger charge is 2.43. The van der Waals surface area contributed by atoms with Crippen molar-refractivity contribution in [3.8, 4) is 0 Å². The first kappa shape index (κ1) is 26.6. The maximum absolute atomic E-state index is 13.0. The van der Waals surface area contributed by atoms with Gasteiger partial charge in [-0.3, -0.25) is 19.3 Å². The number of thioether (sulfide) groups is 1. The lowest BCUT2D eigenvalue weighted by molar-refractivity contribution is -0.126. The zero-order valence-corrected chi connectivity index (χ0v) is 21.8. The summed E-state index contributed by atoms with van der Waals surface area (Å²) in [4.78, 5) is 49.6. The molecule has 4 rings (SSSR count). The Balaban J connectivity index is 1.52. The second-order valence-electron chi connectivity index (χ2n) is 8.69. The van der Waals surface area contributed by atoms with Crippen LogP contribution in [0, 0.1) is 0 Å². The van der Waals surface area contributed by atoms with E-state index in [1.165, 1.54) is 11.8 Å². The first-order valence-electron chi connectivity index (χ1n) is 12.4. The Hall–Kier alpha value is -3.50. The van der Waals surface area contributed by atoms with Gasteiger partial charge >= 0.3 is 0 Å². The smallest absolute Gasteiger partial charge is 0.271 e. The molecule has 2 unspecified atom stereocenters. The number of hydrogen-bond acceptors (Lipinski definition) is 7. The molecule has 0 radical (unpaired) electrons. The summed E-state index contributed by atoms with van der Waals surface area (Å²) in [6.07, 6.45) is 1.22. The van der Waals surface area contributed by atoms with E-state index in [4.69, 9.17) is 9.73 Å². The van der Waals surface area contributed by atoms with Crippen LogP contribution in [0.25, 0.3) is 0 Å². The van der Waals surface area contributed by atoms with Gasteiger partial charge in [0, 0.05) is 32.4 Å². The molecule has 10 heteroatoms. The number of nitrogens with zero attached hydrogens (tertiary/aromatic N) is 3. The van der Waals surface area contributed by atoms with Crippen LogP contribution < -0.4 is 10.6 Å². The minimum atomic E-state index is -0.826. The van der Waals surface area contributed by atoms with E-state index in [2.05, 4.69) is 15.6 Å². The molecule has 0 bridgehead atoms. The number of ether oxygens (including phenoxy) is 1. The number of benzene rings is 2. The average Bonchev–Trinajstić information content (AvgIpc) is 3.25. The fraction of sp³-hybridized carbons (Fsp3) is 0.370. The third-order valence-corrected chi connectivity index (χ3v) is 7.39. The van der Waals surface area contributed by atoms with Crippen molar-refractivity contribution in [2.75, 3.05) is 20.3 Å². The van der Waals surface area contributed by atoms with Gasteiger partial charge in [0.05, 0.1) is 17.4 Å². The molecule has 2 atom stereocenters. The number of amidine groups is 2. The lowest BCUT2D eigenvalue weighted by Gasteiger charge is -2.32. The van der Waals surface area contributed by atoms with Gasteiger partial charge < -0.3 is 15.4 Å². The maximum Gasteiger partial charge on any atom is 0.271 e. The summed E-state index contributed by atoms with van der Waals surface area (Å²) in [5, 5.41) is 5.91. The molecule has 0 fully saturated rings. The number of nitrogens with one attached hydrogen (secondary N) is 2. The van der Waals surface area contributed by atoms with Crippen molar-refractivity contribution in [1.82, 2.24) is 15.5 Å². The van der Waals surface area contributed by atoms with Crippen LogP contribution in [0.1, 0.15) is 37.3 Å². The number of carbonyl (C=O) groups is 3. The topological polar surface area (TPSA) is 112 Å². The van der Waals surface area contributed by atoms with Crippen molar-refractivity contribution < 1.29 is 19.1 Å². The molecule has 2 aliphatic heterocycles. The lowest BCUT2D eigenvalue weighted by atomic mass is 10.1. The van der Waals surface area contributed by atoms with Crippen molar-refractivity contribution in [3.63, 3.8) is 0 Å². The normalized spacial score (nSPS) is 16.9. The molecule has 9 nitrogen and oxygen atoms in total. The van der Waals surface area contributed by atoms with Gasteiger partial charge in [0.25, 0.3) is 5.91 Å². The number of rotatable bonds is 11. The van der Waals surface area contributed by atoms with Crippen LogP contribution in [0.15, 0.2) is 64.6 Å². The van der Waals surface area contributed by atoms with Gasteiger partial charge in [-0.05, 0) is 30.5 Å². The van der Waals surface area contributed by atoms with Crippen LogP contribution in [0.3, 0.4) is 0 Å². The number of fused-ring (bicyclic) bond motifs is 3. The number of para-hydroxylation sites is 1. The fourth-order valence-electron chi connectivity index (χ4n) is 4.12. The number of aliphatic imine (C=N–C) groups is 2. The molecule has 194 valence electrons. The molecule has 2 N–H and O–H groups in total. The second kappa shape index (κ2) is 12.6. The standard InChI is InChI=1S/C27H31N5O4S/c1-3-22(26(35)28-14-9-15-36-2)37-27-30-20-13-8-7-12-19(20)24-31-25(34)21(32(24)27)16-23(33)29-17-18-10-5-4-6-11-18/h4-8,10-13,21-22H,3,9,14-17H2,1-2H3,(H,28,35)(H,29,33). The van der Waals surface area contributed by atoms with Crippen LogP contribution in [0.4, 0.5) is 5.69 Å². The van der Waals surface area contributed by atoms with Crippen LogP contribution in [-0.4, -0.2) is 65.2 Å². The van der Waals surface area contributed by atoms with Gasteiger partial charge in [-0.15, -0.1) is 0 Å². The predicted molar refractivity (Wildman–Crippen MR) is 145 cm³/mol. The van der Waals surface area contributed by atoms with E-state index in [0.717, 1.165) is 17.5 Å². The second-order valence-corrected chi connectivity index (χ2v) is 9.86. The molecule has 2 aliphatic rings. The minimum Gasteiger partial charge on any atom is -0.385 e. The Kier molecular flexibility index (Phi) is 9.08. The van der Waals surface area contributed by atoms with Crippen molar-refractivity contribution in [3.05, 3.63) is 65.7 Å². The molecule has 2 aromatic carbocycles. The molecule has 0 aromatic heterocycles. The molecule has 2 aromatic rings. The average molecular weight is 522 g/mol. The van der Waals surface area contributed by atoms with Gasteiger partial charge in [0.2, 0.25) is 11.8 Å². The maximum atomic E-state index is 13.0. The molecule has 0 saturated heterocycles. The highest BCUT2D eigenvalue weighted by molar-refractivity contribution is 8.15. The molecule has 2 heterocycles. The van der Waals surface area contributed by atoms with Gasteiger partial charge in [-0.2, -0.15) is 4.99 Å². The van der Waals surface area contributed by atoms with E-state index in [1.54, 1.807) is 12.0 Å². The third kappa shape index (κ3) is 6.44. The van der Waals surface area contributed by atoms with Crippen molar-refractivity contribution in [2.45, 2.75) is 44.0 Å². The Labute approximate surface area is 220 Å². The summed E-state index contributed by atoms with van der Waals surface area (Å²) in [5.41, 5.74) is 2.37. The first-order chi connectivity index (χ1) is 18.0. The molecular formula is C27H31N5O4S. The summed E-state index contributed by atoms with van der Waals surface area (Å²) >= 11 is 1.29. The zero-order chi connectivity index (χ0) is 26.2. The van der Waals surface area contributed by atoms with Crippen molar-refractivity contribution >= 4 is 46.2 Å². The molecule has 0 aliphatic carbocycles. The van der Waals surface area contributed by atoms with E-state index in [-0.39, 0.29) is 18.2 Å². The van der Waals surface area contributed by atoms with Gasteiger partial charge in [0.1, 0.15) is 11.9 Å². The molecular weight excluding hydrogens is 490 g/mol. The Morgan fingerprint density at radius 3 is 2.59 bits per heavy atom. The largest absolute Gasteiger partial charge is 0.385 e. The van der Waals surface area contributed by atoms with E-state index in [0.29, 0.717) is 42.8 Å². The monoisotopic (exact) mass is 521 g/mol. The fourth-order valence-corrected chi connectivity index (χ4v) is 5.21. The summed E-state index contributed by atoms with van der Waals surface area (Å²) in [7, 11) is 1.63. The quantitative estimate of drug-likeness (QED) is 0.440. The number of amides is 3. The number of hydrogen-bond donors (Lipinski definition) is 2. The Morgan fingerprint density at radius 2 is 1.84 bits per heavy atom. The first-order valence-corrected chi connectivity index (χ1v) is 13.2. The summed E-state index contributed by atoms with van der Waals surface area (Å²) < 4.78 is 5.05. The number of carbonyl (C=O) groups excluding carboxylic acids is 3. The molecule has 37 heavy (non-hydrogen) atoms. The van der Waals surface area contributed by atoms with Crippen LogP contribution in [-0.2, 0) is 25.7 Å². The van der Waals surface area contributed by atoms with E-state index in [9.17, 15) is 14.4 Å². The van der Waals surface area contributed by atoms with Crippen molar-refractivity contribution in [1.29, 1.82) is 0 Å². The van der Waals surface area contributed by atoms with E-state index < -0.39 is 17.2 Å². The zero-order valence-electron chi connectivity index (χ0n) is 21.0. The van der Waals surface area contributed by atoms with Crippen molar-refractivity contribution in [2.24, 2.45) is 9.98 Å². The summed E-state index contributed by atoms with van der Waals surface area (Å²) in [5.74, 6) is -0.294. The van der Waals surface area contributed by atoms with Gasteiger partial charge in [0.15, 0.2) is 5.17 Å². The lowest BCUT2D eigenvalue weighted by Crippen LogP contribution is -2.47. The minimum absolute atomic E-state index is 0.0690. The summed E-state index contributed by atoms with van der Waals surface area (Å²) in [6, 6.07) is 16.2. The Morgan fingerprint density at radius 1 is 1.08 bits per heavy atom. The van der Waals surface area contributed by atoms with Gasteiger partial charge in [-0.1, -0.05) is 61.2 Å².